The van der Waals surface area contributed by atoms with Crippen LogP contribution < -0.4 is 0 Å². The minimum atomic E-state index is -0.988. The van der Waals surface area contributed by atoms with E-state index < -0.39 is 5.97 Å². The van der Waals surface area contributed by atoms with Gasteiger partial charge in [0, 0.05) is 25.7 Å². The molecule has 0 aromatic carbocycles. The molecular formula is C11H20N2O4. The molecule has 0 aromatic heterocycles. The van der Waals surface area contributed by atoms with Gasteiger partial charge in [-0.1, -0.05) is 0 Å². The van der Waals surface area contributed by atoms with Crippen molar-refractivity contribution in [3.63, 3.8) is 0 Å². The summed E-state index contributed by atoms with van der Waals surface area (Å²) in [5, 5.41) is 8.80. The van der Waals surface area contributed by atoms with Gasteiger partial charge >= 0.3 is 12.0 Å². The van der Waals surface area contributed by atoms with E-state index in [1.165, 1.54) is 4.90 Å². The second-order valence-electron chi connectivity index (χ2n) is 4.35. The number of carbonyl (C=O) groups excluding carboxylic acids is 1. The average Bonchev–Trinajstić information content (AvgIpc) is 2.52. The Labute approximate surface area is 101 Å². The van der Waals surface area contributed by atoms with Crippen molar-refractivity contribution in [2.75, 3.05) is 32.8 Å². The quantitative estimate of drug-likeness (QED) is 0.790. The summed E-state index contributed by atoms with van der Waals surface area (Å²) in [7, 11) is 0. The van der Waals surface area contributed by atoms with E-state index >= 15 is 0 Å². The number of urea groups is 1. The molecule has 1 heterocycles. The molecule has 1 saturated heterocycles. The first kappa shape index (κ1) is 13.8. The summed E-state index contributed by atoms with van der Waals surface area (Å²) in [4.78, 5) is 25.9. The molecular weight excluding hydrogens is 224 g/mol. The van der Waals surface area contributed by atoms with E-state index in [9.17, 15) is 9.59 Å². The van der Waals surface area contributed by atoms with Gasteiger partial charge in [0.2, 0.25) is 0 Å². The Bertz CT molecular complexity index is 273. The summed E-state index contributed by atoms with van der Waals surface area (Å²) in [6, 6.07) is -0.337. The third-order valence-electron chi connectivity index (χ3n) is 2.67. The van der Waals surface area contributed by atoms with E-state index in [0.717, 1.165) is 6.42 Å². The Morgan fingerprint density at radius 3 is 2.65 bits per heavy atom. The van der Waals surface area contributed by atoms with Crippen molar-refractivity contribution in [2.45, 2.75) is 26.3 Å². The lowest BCUT2D eigenvalue weighted by molar-refractivity contribution is -0.138. The number of hydrogen-bond acceptors (Lipinski definition) is 3. The van der Waals surface area contributed by atoms with Gasteiger partial charge < -0.3 is 19.6 Å². The summed E-state index contributed by atoms with van der Waals surface area (Å²) in [5.74, 6) is -0.988. The third-order valence-corrected chi connectivity index (χ3v) is 2.67. The average molecular weight is 244 g/mol. The third kappa shape index (κ3) is 4.22. The maximum atomic E-state index is 12.2. The number of carbonyl (C=O) groups is 2. The first-order valence-corrected chi connectivity index (χ1v) is 5.87. The summed E-state index contributed by atoms with van der Waals surface area (Å²) in [5.41, 5.74) is 0. The molecule has 6 nitrogen and oxygen atoms in total. The molecule has 98 valence electrons. The van der Waals surface area contributed by atoms with Crippen LogP contribution in [0.15, 0.2) is 0 Å². The molecule has 17 heavy (non-hydrogen) atoms. The highest BCUT2D eigenvalue weighted by Gasteiger charge is 2.25. The van der Waals surface area contributed by atoms with Crippen molar-refractivity contribution in [2.24, 2.45) is 0 Å². The number of hydrogen-bond donors (Lipinski definition) is 1. The van der Waals surface area contributed by atoms with Crippen LogP contribution in [-0.4, -0.2) is 65.8 Å². The predicted molar refractivity (Wildman–Crippen MR) is 61.9 cm³/mol. The molecule has 0 unspecified atom stereocenters. The Kier molecular flexibility index (Phi) is 5.21. The van der Waals surface area contributed by atoms with Crippen LogP contribution >= 0.6 is 0 Å². The molecule has 0 aliphatic carbocycles. The summed E-state index contributed by atoms with van der Waals surface area (Å²) in [6.07, 6.45) is 0.796. The lowest BCUT2D eigenvalue weighted by Gasteiger charge is -2.31. The molecule has 1 aliphatic heterocycles. The van der Waals surface area contributed by atoms with E-state index in [0.29, 0.717) is 26.3 Å². The SMILES string of the molecule is CC(C)N(CC(=O)O)C(=O)N1CCCOCC1. The summed E-state index contributed by atoms with van der Waals surface area (Å²) in [6.45, 7) is 5.71. The first-order chi connectivity index (χ1) is 8.02. The number of ether oxygens (including phenoxy) is 1. The highest BCUT2D eigenvalue weighted by molar-refractivity contribution is 5.80. The van der Waals surface area contributed by atoms with Gasteiger partial charge in [0.1, 0.15) is 6.54 Å². The molecule has 2 amide bonds. The van der Waals surface area contributed by atoms with Crippen LogP contribution in [0.3, 0.4) is 0 Å². The van der Waals surface area contributed by atoms with Crippen LogP contribution in [0.5, 0.6) is 0 Å². The number of nitrogens with zero attached hydrogens (tertiary/aromatic N) is 2. The van der Waals surface area contributed by atoms with Crippen LogP contribution in [0.2, 0.25) is 0 Å². The number of carboxylic acids is 1. The zero-order valence-corrected chi connectivity index (χ0v) is 10.4. The van der Waals surface area contributed by atoms with E-state index in [1.807, 2.05) is 13.8 Å². The molecule has 1 fully saturated rings. The summed E-state index contributed by atoms with van der Waals surface area (Å²) < 4.78 is 5.27. The maximum Gasteiger partial charge on any atom is 0.323 e. The molecule has 1 aliphatic rings. The molecule has 0 spiro atoms. The van der Waals surface area contributed by atoms with Crippen LogP contribution in [0.4, 0.5) is 4.79 Å². The second-order valence-corrected chi connectivity index (χ2v) is 4.35. The highest BCUT2D eigenvalue weighted by Crippen LogP contribution is 2.07. The number of amides is 2. The van der Waals surface area contributed by atoms with Crippen molar-refractivity contribution in [3.05, 3.63) is 0 Å². The van der Waals surface area contributed by atoms with Gasteiger partial charge in [-0.05, 0) is 20.3 Å². The fraction of sp³-hybridized carbons (Fsp3) is 0.818. The minimum Gasteiger partial charge on any atom is -0.480 e. The number of aliphatic carboxylic acids is 1. The van der Waals surface area contributed by atoms with Gasteiger partial charge in [-0.15, -0.1) is 0 Å². The zero-order chi connectivity index (χ0) is 12.8. The molecule has 0 aromatic rings. The Hall–Kier alpha value is -1.30. The largest absolute Gasteiger partial charge is 0.480 e. The zero-order valence-electron chi connectivity index (χ0n) is 10.4. The van der Waals surface area contributed by atoms with Gasteiger partial charge in [0.15, 0.2) is 0 Å². The Morgan fingerprint density at radius 2 is 2.06 bits per heavy atom. The standard InChI is InChI=1S/C11H20N2O4/c1-9(2)13(8-10(14)15)11(16)12-4-3-6-17-7-5-12/h9H,3-8H2,1-2H3,(H,14,15). The summed E-state index contributed by atoms with van der Waals surface area (Å²) >= 11 is 0. The van der Waals surface area contributed by atoms with Crippen molar-refractivity contribution in [1.29, 1.82) is 0 Å². The van der Waals surface area contributed by atoms with Gasteiger partial charge in [-0.2, -0.15) is 0 Å². The van der Waals surface area contributed by atoms with E-state index in [2.05, 4.69) is 0 Å². The highest BCUT2D eigenvalue weighted by atomic mass is 16.5. The Balaban J connectivity index is 2.65. The fourth-order valence-corrected chi connectivity index (χ4v) is 1.74. The fourth-order valence-electron chi connectivity index (χ4n) is 1.74. The van der Waals surface area contributed by atoms with Crippen LogP contribution in [-0.2, 0) is 9.53 Å². The lowest BCUT2D eigenvalue weighted by atomic mass is 10.3. The van der Waals surface area contributed by atoms with Gasteiger partial charge in [-0.3, -0.25) is 4.79 Å². The number of carboxylic acid groups (broad SMARTS) is 1. The topological polar surface area (TPSA) is 70.1 Å². The molecule has 0 saturated carbocycles. The van der Waals surface area contributed by atoms with Crippen molar-refractivity contribution >= 4 is 12.0 Å². The Morgan fingerprint density at radius 1 is 1.35 bits per heavy atom. The van der Waals surface area contributed by atoms with Crippen molar-refractivity contribution in [1.82, 2.24) is 9.80 Å². The normalized spacial score (nSPS) is 16.8. The van der Waals surface area contributed by atoms with Gasteiger partial charge in [0.25, 0.3) is 0 Å². The van der Waals surface area contributed by atoms with Gasteiger partial charge in [-0.25, -0.2) is 4.79 Å². The van der Waals surface area contributed by atoms with Gasteiger partial charge in [0.05, 0.1) is 6.61 Å². The molecule has 0 atom stereocenters. The smallest absolute Gasteiger partial charge is 0.323 e. The maximum absolute atomic E-state index is 12.2. The minimum absolute atomic E-state index is 0.122. The molecule has 1 N–H and O–H groups in total. The monoisotopic (exact) mass is 244 g/mol. The van der Waals surface area contributed by atoms with E-state index in [1.54, 1.807) is 4.90 Å². The van der Waals surface area contributed by atoms with E-state index in [-0.39, 0.29) is 18.6 Å². The molecule has 0 radical (unpaired) electrons. The van der Waals surface area contributed by atoms with Crippen LogP contribution in [0.1, 0.15) is 20.3 Å². The first-order valence-electron chi connectivity index (χ1n) is 5.87. The molecule has 1 rings (SSSR count). The van der Waals surface area contributed by atoms with Crippen molar-refractivity contribution < 1.29 is 19.4 Å². The lowest BCUT2D eigenvalue weighted by Crippen LogP contribution is -2.49. The predicted octanol–water partition coefficient (Wildman–Crippen LogP) is 0.624. The number of rotatable bonds is 3. The molecule has 0 bridgehead atoms. The van der Waals surface area contributed by atoms with E-state index in [4.69, 9.17) is 9.84 Å². The molecule has 6 heteroatoms. The van der Waals surface area contributed by atoms with Crippen molar-refractivity contribution in [3.8, 4) is 0 Å². The second kappa shape index (κ2) is 6.44. The van der Waals surface area contributed by atoms with Crippen LogP contribution in [0.25, 0.3) is 0 Å². The van der Waals surface area contributed by atoms with Crippen LogP contribution in [0, 0.1) is 0 Å².